The first-order chi connectivity index (χ1) is 3.75. The van der Waals surface area contributed by atoms with E-state index in [4.69, 9.17) is 4.74 Å². The monoisotopic (exact) mass is 114 g/mol. The lowest BCUT2D eigenvalue weighted by molar-refractivity contribution is -0.141. The summed E-state index contributed by atoms with van der Waals surface area (Å²) in [5.74, 6) is 0.483. The second kappa shape index (κ2) is 1.86. The Labute approximate surface area is 48.8 Å². The molecule has 0 heterocycles. The predicted molar refractivity (Wildman–Crippen MR) is 29.6 cm³/mol. The number of carbonyl (C=O) groups is 1. The van der Waals surface area contributed by atoms with Crippen molar-refractivity contribution in [1.82, 2.24) is 0 Å². The Balaban J connectivity index is 2.35. The van der Waals surface area contributed by atoms with Crippen LogP contribution in [0.3, 0.4) is 0 Å². The molecular formula is C6H10O2. The molecular weight excluding hydrogens is 104 g/mol. The number of hydrogen-bond acceptors (Lipinski definition) is 2. The summed E-state index contributed by atoms with van der Waals surface area (Å²) in [7, 11) is 1.65. The molecule has 2 heteroatoms. The van der Waals surface area contributed by atoms with Gasteiger partial charge in [-0.15, -0.1) is 0 Å². The van der Waals surface area contributed by atoms with Crippen molar-refractivity contribution in [2.45, 2.75) is 19.4 Å². The molecule has 1 fully saturated rings. The molecule has 0 aliphatic heterocycles. The maximum Gasteiger partial charge on any atom is 0.140 e. The van der Waals surface area contributed by atoms with Gasteiger partial charge in [-0.3, -0.25) is 4.79 Å². The van der Waals surface area contributed by atoms with E-state index in [1.54, 1.807) is 7.11 Å². The van der Waals surface area contributed by atoms with Crippen LogP contribution in [-0.4, -0.2) is 19.0 Å². The second-order valence-corrected chi connectivity index (χ2v) is 2.23. The van der Waals surface area contributed by atoms with E-state index in [1.807, 2.05) is 6.92 Å². The van der Waals surface area contributed by atoms with Gasteiger partial charge in [0, 0.05) is 19.4 Å². The predicted octanol–water partition coefficient (Wildman–Crippen LogP) is 0.610. The summed E-state index contributed by atoms with van der Waals surface area (Å²) in [4.78, 5) is 10.5. The Bertz CT molecular complexity index is 109. The summed E-state index contributed by atoms with van der Waals surface area (Å²) >= 11 is 0. The van der Waals surface area contributed by atoms with Crippen LogP contribution in [-0.2, 0) is 9.53 Å². The molecule has 0 spiro atoms. The van der Waals surface area contributed by atoms with Crippen LogP contribution in [0.4, 0.5) is 0 Å². The normalized spacial score (nSPS) is 37.0. The third-order valence-corrected chi connectivity index (χ3v) is 1.77. The van der Waals surface area contributed by atoms with E-state index >= 15 is 0 Å². The van der Waals surface area contributed by atoms with Crippen molar-refractivity contribution in [2.24, 2.45) is 5.92 Å². The van der Waals surface area contributed by atoms with Gasteiger partial charge in [-0.2, -0.15) is 0 Å². The smallest absolute Gasteiger partial charge is 0.140 e. The number of rotatable bonds is 1. The van der Waals surface area contributed by atoms with Gasteiger partial charge in [0.1, 0.15) is 5.78 Å². The maximum atomic E-state index is 10.5. The Kier molecular flexibility index (Phi) is 1.34. The molecule has 1 aliphatic rings. The molecule has 2 atom stereocenters. The molecule has 0 amide bonds. The van der Waals surface area contributed by atoms with E-state index in [0.717, 1.165) is 0 Å². The molecule has 1 aliphatic carbocycles. The number of carbonyl (C=O) groups excluding carboxylic acids is 1. The molecule has 0 radical (unpaired) electrons. The second-order valence-electron chi connectivity index (χ2n) is 2.23. The summed E-state index contributed by atoms with van der Waals surface area (Å²) < 4.78 is 4.95. The third kappa shape index (κ3) is 0.650. The highest BCUT2D eigenvalue weighted by atomic mass is 16.5. The van der Waals surface area contributed by atoms with Gasteiger partial charge in [-0.1, -0.05) is 6.92 Å². The zero-order chi connectivity index (χ0) is 6.15. The highest BCUT2D eigenvalue weighted by Gasteiger charge is 2.35. The van der Waals surface area contributed by atoms with Gasteiger partial charge in [0.15, 0.2) is 0 Å². The zero-order valence-corrected chi connectivity index (χ0v) is 5.18. The van der Waals surface area contributed by atoms with Crippen molar-refractivity contribution in [3.63, 3.8) is 0 Å². The van der Waals surface area contributed by atoms with Crippen LogP contribution in [0, 0.1) is 5.92 Å². The number of Topliss-reactive ketones (excluding diaryl/α,β-unsaturated/α-hetero) is 1. The number of ether oxygens (including phenoxy) is 1. The Morgan fingerprint density at radius 3 is 2.50 bits per heavy atom. The van der Waals surface area contributed by atoms with E-state index in [1.165, 1.54) is 0 Å². The molecule has 8 heavy (non-hydrogen) atoms. The van der Waals surface area contributed by atoms with Crippen molar-refractivity contribution in [3.05, 3.63) is 0 Å². The summed E-state index contributed by atoms with van der Waals surface area (Å²) in [5.41, 5.74) is 0. The first kappa shape index (κ1) is 5.76. The fraction of sp³-hybridized carbons (Fsp3) is 0.833. The lowest BCUT2D eigenvalue weighted by atomic mass is 9.82. The molecule has 0 unspecified atom stereocenters. The Hall–Kier alpha value is -0.370. The molecule has 0 aromatic carbocycles. The van der Waals surface area contributed by atoms with Gasteiger partial charge in [0.2, 0.25) is 0 Å². The van der Waals surface area contributed by atoms with Gasteiger partial charge in [-0.25, -0.2) is 0 Å². The minimum absolute atomic E-state index is 0.153. The largest absolute Gasteiger partial charge is 0.380 e. The molecule has 46 valence electrons. The van der Waals surface area contributed by atoms with E-state index in [9.17, 15) is 4.79 Å². The highest BCUT2D eigenvalue weighted by Crippen LogP contribution is 2.24. The lowest BCUT2D eigenvalue weighted by Crippen LogP contribution is -2.40. The molecule has 0 aromatic rings. The van der Waals surface area contributed by atoms with Crippen LogP contribution in [0.15, 0.2) is 0 Å². The van der Waals surface area contributed by atoms with Crippen molar-refractivity contribution in [1.29, 1.82) is 0 Å². The SMILES string of the molecule is CO[C@H]1CC(=O)[C@@H]1C. The molecule has 0 N–H and O–H groups in total. The fourth-order valence-electron chi connectivity index (χ4n) is 0.895. The number of hydrogen-bond donors (Lipinski definition) is 0. The zero-order valence-electron chi connectivity index (χ0n) is 5.18. The van der Waals surface area contributed by atoms with Crippen molar-refractivity contribution in [2.75, 3.05) is 7.11 Å². The molecule has 1 saturated carbocycles. The molecule has 0 bridgehead atoms. The van der Waals surface area contributed by atoms with Crippen LogP contribution in [0.2, 0.25) is 0 Å². The molecule has 2 nitrogen and oxygen atoms in total. The van der Waals surface area contributed by atoms with Gasteiger partial charge < -0.3 is 4.74 Å². The van der Waals surface area contributed by atoms with Crippen LogP contribution in [0.25, 0.3) is 0 Å². The van der Waals surface area contributed by atoms with E-state index in [0.29, 0.717) is 12.2 Å². The minimum atomic E-state index is 0.153. The quantitative estimate of drug-likeness (QED) is 0.499. The van der Waals surface area contributed by atoms with Gasteiger partial charge in [0.25, 0.3) is 0 Å². The number of methoxy groups -OCH3 is 1. The van der Waals surface area contributed by atoms with E-state index < -0.39 is 0 Å². The molecule has 1 rings (SSSR count). The van der Waals surface area contributed by atoms with E-state index in [-0.39, 0.29) is 12.0 Å². The highest BCUT2D eigenvalue weighted by molar-refractivity contribution is 5.87. The van der Waals surface area contributed by atoms with Crippen LogP contribution in [0.1, 0.15) is 13.3 Å². The van der Waals surface area contributed by atoms with Gasteiger partial charge in [0.05, 0.1) is 6.10 Å². The first-order valence-corrected chi connectivity index (χ1v) is 2.81. The Morgan fingerprint density at radius 1 is 1.75 bits per heavy atom. The lowest BCUT2D eigenvalue weighted by Gasteiger charge is -2.30. The van der Waals surface area contributed by atoms with Crippen molar-refractivity contribution in [3.8, 4) is 0 Å². The number of ketones is 1. The molecule has 0 aromatic heterocycles. The van der Waals surface area contributed by atoms with Crippen LogP contribution in [0.5, 0.6) is 0 Å². The Morgan fingerprint density at radius 2 is 2.38 bits per heavy atom. The van der Waals surface area contributed by atoms with Crippen LogP contribution >= 0.6 is 0 Å². The molecule has 0 saturated heterocycles. The third-order valence-electron chi connectivity index (χ3n) is 1.77. The van der Waals surface area contributed by atoms with Gasteiger partial charge in [-0.05, 0) is 0 Å². The van der Waals surface area contributed by atoms with Crippen molar-refractivity contribution < 1.29 is 9.53 Å². The van der Waals surface area contributed by atoms with Gasteiger partial charge >= 0.3 is 0 Å². The average Bonchev–Trinajstić information content (AvgIpc) is 1.81. The van der Waals surface area contributed by atoms with Crippen molar-refractivity contribution >= 4 is 5.78 Å². The average molecular weight is 114 g/mol. The van der Waals surface area contributed by atoms with E-state index in [2.05, 4.69) is 0 Å². The topological polar surface area (TPSA) is 26.3 Å². The summed E-state index contributed by atoms with van der Waals surface area (Å²) in [6.45, 7) is 1.90. The summed E-state index contributed by atoms with van der Waals surface area (Å²) in [6, 6.07) is 0. The van der Waals surface area contributed by atoms with Crippen LogP contribution < -0.4 is 0 Å². The minimum Gasteiger partial charge on any atom is -0.380 e. The first-order valence-electron chi connectivity index (χ1n) is 2.81. The fourth-order valence-corrected chi connectivity index (χ4v) is 0.895. The summed E-state index contributed by atoms with van der Waals surface area (Å²) in [6.07, 6.45) is 0.833. The maximum absolute atomic E-state index is 10.5. The standard InChI is InChI=1S/C6H10O2/c1-4-5(7)3-6(4)8-2/h4,6H,3H2,1-2H3/t4-,6-/m0/s1. The summed E-state index contributed by atoms with van der Waals surface area (Å²) in [5, 5.41) is 0.